The number of hydrogen-bond acceptors (Lipinski definition) is 7. The van der Waals surface area contributed by atoms with E-state index in [1.54, 1.807) is 12.1 Å². The number of nitriles is 1. The van der Waals surface area contributed by atoms with Crippen LogP contribution in [0, 0.1) is 11.3 Å². The lowest BCUT2D eigenvalue weighted by Gasteiger charge is -2.22. The lowest BCUT2D eigenvalue weighted by atomic mass is 9.87. The minimum atomic E-state index is -1.91. The molecule has 0 saturated heterocycles. The van der Waals surface area contributed by atoms with Gasteiger partial charge in [0.05, 0.1) is 21.3 Å². The van der Waals surface area contributed by atoms with Crippen molar-refractivity contribution >= 4 is 11.9 Å². The average molecular weight is 303 g/mol. The minimum absolute atomic E-state index is 0.282. The van der Waals surface area contributed by atoms with Gasteiger partial charge in [0.2, 0.25) is 5.76 Å². The van der Waals surface area contributed by atoms with Crippen LogP contribution in [-0.2, 0) is 29.4 Å². The van der Waals surface area contributed by atoms with E-state index in [1.807, 2.05) is 6.07 Å². The molecule has 7 nitrogen and oxygen atoms in total. The Morgan fingerprint density at radius 3 is 2.27 bits per heavy atom. The molecule has 0 fully saturated rings. The normalized spacial score (nSPS) is 20.2. The summed E-state index contributed by atoms with van der Waals surface area (Å²) in [5.74, 6) is -1.57. The predicted octanol–water partition coefficient (Wildman–Crippen LogP) is 1.04. The molecule has 0 radical (unpaired) electrons. The first-order chi connectivity index (χ1) is 10.5. The third-order valence-electron chi connectivity index (χ3n) is 3.26. The second-order valence-corrected chi connectivity index (χ2v) is 4.31. The molecule has 1 aromatic carbocycles. The summed E-state index contributed by atoms with van der Waals surface area (Å²) in [6, 6.07) is 8.09. The van der Waals surface area contributed by atoms with Crippen LogP contribution >= 0.6 is 0 Å². The quantitative estimate of drug-likeness (QED) is 0.767. The second kappa shape index (κ2) is 5.77. The Morgan fingerprint density at radius 1 is 1.18 bits per heavy atom. The van der Waals surface area contributed by atoms with E-state index in [0.717, 1.165) is 7.11 Å². The number of methoxy groups -OCH3 is 3. The fourth-order valence-corrected chi connectivity index (χ4v) is 2.19. The van der Waals surface area contributed by atoms with Crippen LogP contribution in [-0.4, -0.2) is 33.3 Å². The van der Waals surface area contributed by atoms with Crippen LogP contribution in [0.5, 0.6) is 5.75 Å². The Morgan fingerprint density at radius 2 is 1.82 bits per heavy atom. The van der Waals surface area contributed by atoms with Crippen molar-refractivity contribution in [3.8, 4) is 11.8 Å². The number of carbonyl (C=O) groups excluding carboxylic acids is 2. The molecule has 0 N–H and O–H groups in total. The molecule has 1 aliphatic rings. The molecule has 114 valence electrons. The second-order valence-electron chi connectivity index (χ2n) is 4.31. The number of hydrogen-bond donors (Lipinski definition) is 0. The highest BCUT2D eigenvalue weighted by Gasteiger charge is 2.54. The van der Waals surface area contributed by atoms with Crippen molar-refractivity contribution in [2.24, 2.45) is 0 Å². The molecule has 1 unspecified atom stereocenters. The first-order valence-corrected chi connectivity index (χ1v) is 6.20. The van der Waals surface area contributed by atoms with Gasteiger partial charge in [-0.2, -0.15) is 5.26 Å². The lowest BCUT2D eigenvalue weighted by Crippen LogP contribution is -2.31. The molecule has 0 aromatic heterocycles. The molecular weight excluding hydrogens is 290 g/mol. The van der Waals surface area contributed by atoms with E-state index >= 15 is 0 Å². The Kier molecular flexibility index (Phi) is 4.04. The summed E-state index contributed by atoms with van der Waals surface area (Å²) in [4.78, 5) is 24.0. The first kappa shape index (κ1) is 15.4. The highest BCUT2D eigenvalue weighted by Crippen LogP contribution is 2.42. The number of ether oxygens (including phenoxy) is 4. The van der Waals surface area contributed by atoms with Crippen molar-refractivity contribution in [3.05, 3.63) is 41.2 Å². The molecule has 0 amide bonds. The van der Waals surface area contributed by atoms with Crippen LogP contribution in [0.1, 0.15) is 5.56 Å². The Balaban J connectivity index is 2.66. The van der Waals surface area contributed by atoms with E-state index < -0.39 is 17.5 Å². The van der Waals surface area contributed by atoms with E-state index in [-0.39, 0.29) is 16.9 Å². The standard InChI is InChI=1S/C15H13NO6/c1-19-10-6-4-9(5-7-10)15(8-16)11(13(17)21-3)12(20-2)14(18)22-15/h4-7H,1-3H3. The van der Waals surface area contributed by atoms with Crippen molar-refractivity contribution in [1.82, 2.24) is 0 Å². The number of rotatable bonds is 4. The average Bonchev–Trinajstić information content (AvgIpc) is 2.86. The number of cyclic esters (lactones) is 1. The highest BCUT2D eigenvalue weighted by atomic mass is 16.6. The summed E-state index contributed by atoms with van der Waals surface area (Å²) >= 11 is 0. The molecule has 1 aromatic rings. The molecule has 0 saturated carbocycles. The zero-order valence-electron chi connectivity index (χ0n) is 12.2. The molecule has 7 heteroatoms. The SMILES string of the molecule is COC(=O)C1=C(OC)C(=O)OC1(C#N)c1ccc(OC)cc1. The summed E-state index contributed by atoms with van der Waals surface area (Å²) in [6.45, 7) is 0. The topological polar surface area (TPSA) is 94.9 Å². The fraction of sp³-hybridized carbons (Fsp3) is 0.267. The van der Waals surface area contributed by atoms with Gasteiger partial charge >= 0.3 is 11.9 Å². The molecule has 0 aliphatic carbocycles. The van der Waals surface area contributed by atoms with Crippen molar-refractivity contribution < 1.29 is 28.5 Å². The monoisotopic (exact) mass is 303 g/mol. The van der Waals surface area contributed by atoms with Gasteiger partial charge in [-0.05, 0) is 24.3 Å². The van der Waals surface area contributed by atoms with Gasteiger partial charge in [0.1, 0.15) is 17.4 Å². The molecule has 1 heterocycles. The predicted molar refractivity (Wildman–Crippen MR) is 72.4 cm³/mol. The third kappa shape index (κ3) is 2.15. The summed E-state index contributed by atoms with van der Waals surface area (Å²) in [5.41, 5.74) is -1.91. The lowest BCUT2D eigenvalue weighted by molar-refractivity contribution is -0.147. The smallest absolute Gasteiger partial charge is 0.376 e. The van der Waals surface area contributed by atoms with Crippen LogP contribution in [0.25, 0.3) is 0 Å². The van der Waals surface area contributed by atoms with Gasteiger partial charge in [-0.15, -0.1) is 0 Å². The van der Waals surface area contributed by atoms with Gasteiger partial charge in [-0.25, -0.2) is 9.59 Å². The van der Waals surface area contributed by atoms with Crippen molar-refractivity contribution in [2.45, 2.75) is 5.60 Å². The Bertz CT molecular complexity index is 685. The van der Waals surface area contributed by atoms with Gasteiger partial charge in [0, 0.05) is 5.56 Å². The van der Waals surface area contributed by atoms with E-state index in [9.17, 15) is 14.9 Å². The van der Waals surface area contributed by atoms with Crippen LogP contribution in [0.4, 0.5) is 0 Å². The van der Waals surface area contributed by atoms with Gasteiger partial charge in [-0.3, -0.25) is 0 Å². The first-order valence-electron chi connectivity index (χ1n) is 6.20. The molecule has 2 rings (SSSR count). The minimum Gasteiger partial charge on any atom is -0.497 e. The maximum atomic E-state index is 12.0. The fourth-order valence-electron chi connectivity index (χ4n) is 2.19. The van der Waals surface area contributed by atoms with Gasteiger partial charge in [-0.1, -0.05) is 0 Å². The molecule has 22 heavy (non-hydrogen) atoms. The molecule has 1 atom stereocenters. The van der Waals surface area contributed by atoms with Crippen LogP contribution in [0.2, 0.25) is 0 Å². The van der Waals surface area contributed by atoms with Crippen LogP contribution in [0.3, 0.4) is 0 Å². The van der Waals surface area contributed by atoms with E-state index in [2.05, 4.69) is 4.74 Å². The van der Waals surface area contributed by atoms with Crippen LogP contribution < -0.4 is 4.74 Å². The molecular formula is C15H13NO6. The van der Waals surface area contributed by atoms with E-state index in [4.69, 9.17) is 14.2 Å². The summed E-state index contributed by atoms with van der Waals surface area (Å²) < 4.78 is 19.8. The van der Waals surface area contributed by atoms with Gasteiger partial charge in [0.15, 0.2) is 0 Å². The number of carbonyl (C=O) groups is 2. The highest BCUT2D eigenvalue weighted by molar-refractivity contribution is 6.05. The molecule has 0 spiro atoms. The summed E-state index contributed by atoms with van der Waals surface area (Å²) in [7, 11) is 3.84. The number of esters is 2. The number of benzene rings is 1. The Labute approximate surface area is 126 Å². The molecule has 0 bridgehead atoms. The van der Waals surface area contributed by atoms with Gasteiger partial charge in [0.25, 0.3) is 5.60 Å². The maximum absolute atomic E-state index is 12.0. The third-order valence-corrected chi connectivity index (χ3v) is 3.26. The van der Waals surface area contributed by atoms with Gasteiger partial charge < -0.3 is 18.9 Å². The van der Waals surface area contributed by atoms with E-state index in [0.29, 0.717) is 5.75 Å². The van der Waals surface area contributed by atoms with E-state index in [1.165, 1.54) is 26.4 Å². The summed E-state index contributed by atoms with van der Waals surface area (Å²) in [6.07, 6.45) is 0. The van der Waals surface area contributed by atoms with Crippen molar-refractivity contribution in [1.29, 1.82) is 5.26 Å². The zero-order valence-corrected chi connectivity index (χ0v) is 12.2. The largest absolute Gasteiger partial charge is 0.497 e. The molecule has 1 aliphatic heterocycles. The summed E-state index contributed by atoms with van der Waals surface area (Å²) in [5, 5.41) is 9.59. The Hall–Kier alpha value is -3.01. The van der Waals surface area contributed by atoms with Crippen LogP contribution in [0.15, 0.2) is 35.6 Å². The zero-order chi connectivity index (χ0) is 16.3. The van der Waals surface area contributed by atoms with Crippen molar-refractivity contribution in [3.63, 3.8) is 0 Å². The van der Waals surface area contributed by atoms with Crippen molar-refractivity contribution in [2.75, 3.05) is 21.3 Å². The number of nitrogens with zero attached hydrogens (tertiary/aromatic N) is 1. The maximum Gasteiger partial charge on any atom is 0.376 e.